The van der Waals surface area contributed by atoms with Gasteiger partial charge in [-0.25, -0.2) is 4.98 Å². The van der Waals surface area contributed by atoms with Crippen LogP contribution < -0.4 is 21.3 Å². The van der Waals surface area contributed by atoms with E-state index < -0.39 is 0 Å². The first-order valence-corrected chi connectivity index (χ1v) is 9.06. The fourth-order valence-electron chi connectivity index (χ4n) is 3.15. The lowest BCUT2D eigenvalue weighted by Crippen LogP contribution is -2.35. The summed E-state index contributed by atoms with van der Waals surface area (Å²) in [4.78, 5) is 22.8. The van der Waals surface area contributed by atoms with Gasteiger partial charge in [0.25, 0.3) is 0 Å². The molecule has 8 heteroatoms. The van der Waals surface area contributed by atoms with Crippen LogP contribution in [0.3, 0.4) is 0 Å². The minimum atomic E-state index is 0. The van der Waals surface area contributed by atoms with E-state index in [2.05, 4.69) is 32.4 Å². The molecular formula is C19H27ClN6O. The Labute approximate surface area is 166 Å². The summed E-state index contributed by atoms with van der Waals surface area (Å²) in [7, 11) is 0. The van der Waals surface area contributed by atoms with Gasteiger partial charge < -0.3 is 21.3 Å². The Balaban J connectivity index is 0.00000261. The lowest BCUT2D eigenvalue weighted by atomic mass is 10.2. The number of halogens is 1. The normalized spacial score (nSPS) is 15.9. The van der Waals surface area contributed by atoms with Gasteiger partial charge in [0, 0.05) is 49.2 Å². The predicted octanol–water partition coefficient (Wildman–Crippen LogP) is 2.89. The average Bonchev–Trinajstić information content (AvgIpc) is 3.05. The van der Waals surface area contributed by atoms with Crippen molar-refractivity contribution in [3.63, 3.8) is 0 Å². The number of rotatable bonds is 6. The predicted molar refractivity (Wildman–Crippen MR) is 112 cm³/mol. The average molecular weight is 391 g/mol. The number of carbonyl (C=O) groups excluding carboxylic acids is 1. The second-order valence-electron chi connectivity index (χ2n) is 6.67. The third-order valence-corrected chi connectivity index (χ3v) is 4.36. The number of nitrogen functional groups attached to an aromatic ring is 1. The molecule has 0 saturated carbocycles. The van der Waals surface area contributed by atoms with Crippen LogP contribution in [-0.2, 0) is 11.2 Å². The van der Waals surface area contributed by atoms with Gasteiger partial charge in [0.2, 0.25) is 11.9 Å². The molecule has 27 heavy (non-hydrogen) atoms. The molecule has 2 aromatic rings. The molecule has 1 saturated heterocycles. The zero-order valence-electron chi connectivity index (χ0n) is 15.7. The van der Waals surface area contributed by atoms with Crippen molar-refractivity contribution in [2.45, 2.75) is 39.2 Å². The lowest BCUT2D eigenvalue weighted by molar-refractivity contribution is -0.119. The maximum Gasteiger partial charge on any atom is 0.229 e. The van der Waals surface area contributed by atoms with Crippen LogP contribution in [0.25, 0.3) is 0 Å². The van der Waals surface area contributed by atoms with E-state index in [0.29, 0.717) is 5.95 Å². The van der Waals surface area contributed by atoms with E-state index in [-0.39, 0.29) is 24.4 Å². The number of nitrogens with one attached hydrogen (secondary N) is 2. The van der Waals surface area contributed by atoms with Crippen molar-refractivity contribution in [2.75, 3.05) is 29.0 Å². The molecule has 1 aromatic heterocycles. The van der Waals surface area contributed by atoms with E-state index in [9.17, 15) is 4.79 Å². The Bertz CT molecular complexity index is 767. The van der Waals surface area contributed by atoms with E-state index in [1.54, 1.807) is 6.92 Å². The van der Waals surface area contributed by atoms with Crippen molar-refractivity contribution in [2.24, 2.45) is 0 Å². The second-order valence-corrected chi connectivity index (χ2v) is 6.67. The Morgan fingerprint density at radius 3 is 2.70 bits per heavy atom. The number of hydrogen-bond acceptors (Lipinski definition) is 6. The van der Waals surface area contributed by atoms with Gasteiger partial charge in [0.1, 0.15) is 5.82 Å². The van der Waals surface area contributed by atoms with Crippen LogP contribution >= 0.6 is 12.4 Å². The van der Waals surface area contributed by atoms with Crippen LogP contribution in [0, 0.1) is 0 Å². The third-order valence-electron chi connectivity index (χ3n) is 4.36. The zero-order valence-corrected chi connectivity index (χ0v) is 16.6. The molecule has 1 aromatic carbocycles. The summed E-state index contributed by atoms with van der Waals surface area (Å²) in [5, 5.41) is 6.25. The van der Waals surface area contributed by atoms with Crippen molar-refractivity contribution in [3.8, 4) is 0 Å². The zero-order chi connectivity index (χ0) is 18.5. The van der Waals surface area contributed by atoms with Crippen molar-refractivity contribution < 1.29 is 4.79 Å². The molecule has 7 nitrogen and oxygen atoms in total. The molecule has 0 bridgehead atoms. The number of anilines is 4. The van der Waals surface area contributed by atoms with Crippen LogP contribution in [0.5, 0.6) is 0 Å². The lowest BCUT2D eigenvalue weighted by Gasteiger charge is -2.19. The first kappa shape index (κ1) is 20.8. The molecule has 1 atom stereocenters. The molecule has 3 rings (SSSR count). The molecule has 4 N–H and O–H groups in total. The fourth-order valence-corrected chi connectivity index (χ4v) is 3.15. The summed E-state index contributed by atoms with van der Waals surface area (Å²) >= 11 is 0. The standard InChI is InChI=1S/C19H26N6O.ClH/c1-3-4-16-11-18(25-10-9-17(12-25)21-13(2)26)24-19(23-16)22-15-7-5-14(20)6-8-15;/h5-8,11,17H,3-4,9-10,12,20H2,1-2H3,(H,21,26)(H,22,23,24);1H/t17-;/m0./s1. The van der Waals surface area contributed by atoms with E-state index in [4.69, 9.17) is 5.73 Å². The summed E-state index contributed by atoms with van der Waals surface area (Å²) in [6.07, 6.45) is 2.84. The maximum atomic E-state index is 11.3. The number of hydrogen-bond donors (Lipinski definition) is 3. The Morgan fingerprint density at radius 1 is 1.30 bits per heavy atom. The van der Waals surface area contributed by atoms with Gasteiger partial charge in [-0.2, -0.15) is 4.98 Å². The van der Waals surface area contributed by atoms with E-state index in [1.807, 2.05) is 30.3 Å². The highest BCUT2D eigenvalue weighted by atomic mass is 35.5. The molecule has 146 valence electrons. The SMILES string of the molecule is CCCc1cc(N2CC[C@H](NC(C)=O)C2)nc(Nc2ccc(N)cc2)n1.Cl. The molecule has 2 heterocycles. The monoisotopic (exact) mass is 390 g/mol. The molecule has 1 fully saturated rings. The first-order chi connectivity index (χ1) is 12.5. The summed E-state index contributed by atoms with van der Waals surface area (Å²) < 4.78 is 0. The van der Waals surface area contributed by atoms with Crippen LogP contribution in [0.2, 0.25) is 0 Å². The minimum Gasteiger partial charge on any atom is -0.399 e. The second kappa shape index (κ2) is 9.41. The Kier molecular flexibility index (Phi) is 7.24. The smallest absolute Gasteiger partial charge is 0.229 e. The molecule has 1 aliphatic heterocycles. The van der Waals surface area contributed by atoms with E-state index in [1.165, 1.54) is 0 Å². The fraction of sp³-hybridized carbons (Fsp3) is 0.421. The van der Waals surface area contributed by atoms with Crippen LogP contribution in [-0.4, -0.2) is 35.0 Å². The molecule has 1 aliphatic rings. The topological polar surface area (TPSA) is 96.2 Å². The number of amides is 1. The molecule has 1 amide bonds. The van der Waals surface area contributed by atoms with E-state index >= 15 is 0 Å². The number of nitrogens with two attached hydrogens (primary N) is 1. The highest BCUT2D eigenvalue weighted by Crippen LogP contribution is 2.23. The quantitative estimate of drug-likeness (QED) is 0.656. The first-order valence-electron chi connectivity index (χ1n) is 9.06. The van der Waals surface area contributed by atoms with Gasteiger partial charge in [-0.1, -0.05) is 13.3 Å². The molecular weight excluding hydrogens is 364 g/mol. The van der Waals surface area contributed by atoms with Gasteiger partial charge in [0.15, 0.2) is 0 Å². The summed E-state index contributed by atoms with van der Waals surface area (Å²) in [5.41, 5.74) is 8.37. The molecule has 0 spiro atoms. The Morgan fingerprint density at radius 2 is 2.04 bits per heavy atom. The van der Waals surface area contributed by atoms with Crippen molar-refractivity contribution >= 4 is 41.5 Å². The van der Waals surface area contributed by atoms with Gasteiger partial charge in [-0.3, -0.25) is 4.79 Å². The van der Waals surface area contributed by atoms with E-state index in [0.717, 1.165) is 55.2 Å². The number of aryl methyl sites for hydroxylation is 1. The van der Waals surface area contributed by atoms with Gasteiger partial charge >= 0.3 is 0 Å². The van der Waals surface area contributed by atoms with Gasteiger partial charge in [0.05, 0.1) is 0 Å². The van der Waals surface area contributed by atoms with Crippen LogP contribution in [0.4, 0.5) is 23.1 Å². The largest absolute Gasteiger partial charge is 0.399 e. The van der Waals surface area contributed by atoms with Crippen molar-refractivity contribution in [1.82, 2.24) is 15.3 Å². The van der Waals surface area contributed by atoms with Crippen LogP contribution in [0.15, 0.2) is 30.3 Å². The number of aromatic nitrogens is 2. The van der Waals surface area contributed by atoms with Gasteiger partial charge in [-0.15, -0.1) is 12.4 Å². The van der Waals surface area contributed by atoms with Crippen molar-refractivity contribution in [1.29, 1.82) is 0 Å². The maximum absolute atomic E-state index is 11.3. The number of benzene rings is 1. The molecule has 0 unspecified atom stereocenters. The van der Waals surface area contributed by atoms with Crippen LogP contribution in [0.1, 0.15) is 32.4 Å². The highest BCUT2D eigenvalue weighted by Gasteiger charge is 2.24. The minimum absolute atomic E-state index is 0. The third kappa shape index (κ3) is 5.72. The Hall–Kier alpha value is -2.54. The summed E-state index contributed by atoms with van der Waals surface area (Å²) in [6.45, 7) is 5.33. The van der Waals surface area contributed by atoms with Crippen molar-refractivity contribution in [3.05, 3.63) is 36.0 Å². The van der Waals surface area contributed by atoms with Gasteiger partial charge in [-0.05, 0) is 37.1 Å². The number of nitrogens with zero attached hydrogens (tertiary/aromatic N) is 3. The number of carbonyl (C=O) groups is 1. The highest BCUT2D eigenvalue weighted by molar-refractivity contribution is 5.85. The molecule has 0 aliphatic carbocycles. The summed E-state index contributed by atoms with van der Waals surface area (Å²) in [5.74, 6) is 1.49. The summed E-state index contributed by atoms with van der Waals surface area (Å²) in [6, 6.07) is 9.73. The molecule has 0 radical (unpaired) electrons.